The van der Waals surface area contributed by atoms with Crippen molar-refractivity contribution < 1.29 is 13.2 Å². The fourth-order valence-electron chi connectivity index (χ4n) is 2.83. The maximum atomic E-state index is 11.5. The van der Waals surface area contributed by atoms with E-state index in [1.165, 1.54) is 0 Å². The number of halogens is 1. The van der Waals surface area contributed by atoms with E-state index in [1.807, 2.05) is 0 Å². The molecule has 6 heteroatoms. The van der Waals surface area contributed by atoms with Crippen LogP contribution in [0.3, 0.4) is 0 Å². The van der Waals surface area contributed by atoms with Gasteiger partial charge in [-0.05, 0) is 37.1 Å². The van der Waals surface area contributed by atoms with Gasteiger partial charge < -0.3 is 4.74 Å². The molecule has 2 N–H and O–H groups in total. The van der Waals surface area contributed by atoms with Gasteiger partial charge in [-0.3, -0.25) is 0 Å². The number of nitrogens with two attached hydrogens (primary N) is 1. The van der Waals surface area contributed by atoms with E-state index in [1.54, 1.807) is 24.3 Å². The molecule has 0 aliphatic heterocycles. The number of rotatable bonds is 5. The van der Waals surface area contributed by atoms with Gasteiger partial charge in [0.15, 0.2) is 0 Å². The lowest BCUT2D eigenvalue weighted by atomic mass is 9.76. The molecule has 1 aromatic carbocycles. The number of hydrogen-bond donors (Lipinski definition) is 1. The minimum atomic E-state index is -3.49. The molecule has 0 spiro atoms. The Kier molecular flexibility index (Phi) is 4.94. The zero-order chi connectivity index (χ0) is 14.6. The van der Waals surface area contributed by atoms with Crippen LogP contribution in [-0.4, -0.2) is 20.8 Å². The minimum Gasteiger partial charge on any atom is -0.493 e. The Hall–Kier alpha value is -0.780. The molecular formula is C14H20ClNO3S. The molecule has 0 amide bonds. The monoisotopic (exact) mass is 317 g/mol. The Morgan fingerprint density at radius 1 is 1.15 bits per heavy atom. The highest BCUT2D eigenvalue weighted by Gasteiger charge is 2.36. The lowest BCUT2D eigenvalue weighted by Gasteiger charge is -2.36. The average Bonchev–Trinajstić information content (AvgIpc) is 2.37. The van der Waals surface area contributed by atoms with E-state index in [2.05, 4.69) is 0 Å². The standard InChI is InChI=1S/C14H20ClNO3S/c15-12-4-6-13(7-5-12)19-10-14(11-20(16,17)18)8-2-1-3-9-14/h4-7H,1-3,8-11H2,(H2,16,17,18). The van der Waals surface area contributed by atoms with Crippen molar-refractivity contribution in [2.24, 2.45) is 10.6 Å². The lowest BCUT2D eigenvalue weighted by Crippen LogP contribution is -2.40. The Morgan fingerprint density at radius 2 is 1.75 bits per heavy atom. The third kappa shape index (κ3) is 4.65. The van der Waals surface area contributed by atoms with Crippen molar-refractivity contribution in [2.75, 3.05) is 12.4 Å². The molecule has 1 saturated carbocycles. The summed E-state index contributed by atoms with van der Waals surface area (Å²) < 4.78 is 28.7. The molecule has 112 valence electrons. The van der Waals surface area contributed by atoms with Gasteiger partial charge in [0.2, 0.25) is 10.0 Å². The Morgan fingerprint density at radius 3 is 2.30 bits per heavy atom. The Balaban J connectivity index is 2.06. The van der Waals surface area contributed by atoms with Crippen LogP contribution in [0.1, 0.15) is 32.1 Å². The maximum absolute atomic E-state index is 11.5. The molecule has 0 bridgehead atoms. The molecule has 0 aromatic heterocycles. The summed E-state index contributed by atoms with van der Waals surface area (Å²) in [5.41, 5.74) is -0.356. The smallest absolute Gasteiger partial charge is 0.209 e. The molecule has 0 unspecified atom stereocenters. The van der Waals surface area contributed by atoms with Gasteiger partial charge >= 0.3 is 0 Å². The largest absolute Gasteiger partial charge is 0.493 e. The number of sulfonamides is 1. The first-order valence-corrected chi connectivity index (χ1v) is 8.87. The second kappa shape index (κ2) is 6.33. The third-order valence-electron chi connectivity index (χ3n) is 3.78. The molecule has 0 atom stereocenters. The fraction of sp³-hybridized carbons (Fsp3) is 0.571. The fourth-order valence-corrected chi connectivity index (χ4v) is 4.18. The second-order valence-electron chi connectivity index (χ2n) is 5.61. The van der Waals surface area contributed by atoms with Crippen molar-refractivity contribution in [3.05, 3.63) is 29.3 Å². The summed E-state index contributed by atoms with van der Waals surface area (Å²) in [5, 5.41) is 5.89. The van der Waals surface area contributed by atoms with E-state index in [4.69, 9.17) is 21.5 Å². The molecule has 2 rings (SSSR count). The predicted octanol–water partition coefficient (Wildman–Crippen LogP) is 2.96. The van der Waals surface area contributed by atoms with Crippen LogP contribution in [0.15, 0.2) is 24.3 Å². The summed E-state index contributed by atoms with van der Waals surface area (Å²) in [5.74, 6) is 0.696. The van der Waals surface area contributed by atoms with E-state index < -0.39 is 10.0 Å². The lowest BCUT2D eigenvalue weighted by molar-refractivity contribution is 0.118. The molecular weight excluding hydrogens is 298 g/mol. The van der Waals surface area contributed by atoms with Gasteiger partial charge in [0, 0.05) is 10.4 Å². The number of benzene rings is 1. The van der Waals surface area contributed by atoms with Gasteiger partial charge in [-0.15, -0.1) is 0 Å². The van der Waals surface area contributed by atoms with E-state index in [0.717, 1.165) is 32.1 Å². The molecule has 0 radical (unpaired) electrons. The highest BCUT2D eigenvalue weighted by molar-refractivity contribution is 7.89. The molecule has 20 heavy (non-hydrogen) atoms. The van der Waals surface area contributed by atoms with Crippen molar-refractivity contribution in [1.29, 1.82) is 0 Å². The van der Waals surface area contributed by atoms with Crippen LogP contribution in [0.25, 0.3) is 0 Å². The van der Waals surface area contributed by atoms with Gasteiger partial charge in [0.25, 0.3) is 0 Å². The van der Waals surface area contributed by atoms with Crippen LogP contribution >= 0.6 is 11.6 Å². The van der Waals surface area contributed by atoms with Crippen molar-refractivity contribution in [2.45, 2.75) is 32.1 Å². The SMILES string of the molecule is NS(=O)(=O)CC1(COc2ccc(Cl)cc2)CCCCC1. The van der Waals surface area contributed by atoms with Crippen LogP contribution in [0.5, 0.6) is 5.75 Å². The first kappa shape index (κ1) is 15.6. The summed E-state index contributed by atoms with van der Waals surface area (Å²) in [4.78, 5) is 0. The number of ether oxygens (including phenoxy) is 1. The van der Waals surface area contributed by atoms with Gasteiger partial charge in [-0.1, -0.05) is 30.9 Å². The highest BCUT2D eigenvalue weighted by atomic mass is 35.5. The summed E-state index contributed by atoms with van der Waals surface area (Å²) in [6, 6.07) is 7.08. The molecule has 0 saturated heterocycles. The van der Waals surface area contributed by atoms with Crippen LogP contribution in [-0.2, 0) is 10.0 Å². The quantitative estimate of drug-likeness (QED) is 0.907. The molecule has 4 nitrogen and oxygen atoms in total. The minimum absolute atomic E-state index is 0.00636. The topological polar surface area (TPSA) is 69.4 Å². The molecule has 1 aromatic rings. The summed E-state index contributed by atoms with van der Waals surface area (Å²) in [6.45, 7) is 0.380. The van der Waals surface area contributed by atoms with Crippen molar-refractivity contribution in [1.82, 2.24) is 0 Å². The van der Waals surface area contributed by atoms with Gasteiger partial charge in [0.05, 0.1) is 12.4 Å². The first-order chi connectivity index (χ1) is 9.39. The van der Waals surface area contributed by atoms with Gasteiger partial charge in [-0.2, -0.15) is 0 Å². The van der Waals surface area contributed by atoms with Crippen molar-refractivity contribution in [3.63, 3.8) is 0 Å². The van der Waals surface area contributed by atoms with Crippen LogP contribution in [0.2, 0.25) is 5.02 Å². The summed E-state index contributed by atoms with van der Waals surface area (Å²) in [6.07, 6.45) is 4.89. The molecule has 1 fully saturated rings. The van der Waals surface area contributed by atoms with Crippen LogP contribution < -0.4 is 9.88 Å². The predicted molar refractivity (Wildman–Crippen MR) is 80.4 cm³/mol. The van der Waals surface area contributed by atoms with Crippen molar-refractivity contribution >= 4 is 21.6 Å². The zero-order valence-electron chi connectivity index (χ0n) is 11.3. The summed E-state index contributed by atoms with van der Waals surface area (Å²) >= 11 is 5.82. The van der Waals surface area contributed by atoms with Gasteiger partial charge in [0.1, 0.15) is 5.75 Å². The van der Waals surface area contributed by atoms with E-state index >= 15 is 0 Å². The summed E-state index contributed by atoms with van der Waals surface area (Å²) in [7, 11) is -3.49. The Bertz CT molecular complexity index is 536. The molecule has 1 aliphatic rings. The number of hydrogen-bond acceptors (Lipinski definition) is 3. The van der Waals surface area contributed by atoms with Crippen LogP contribution in [0, 0.1) is 5.41 Å². The maximum Gasteiger partial charge on any atom is 0.209 e. The average molecular weight is 318 g/mol. The van der Waals surface area contributed by atoms with E-state index in [-0.39, 0.29) is 11.2 Å². The zero-order valence-corrected chi connectivity index (χ0v) is 12.9. The molecule has 0 heterocycles. The van der Waals surface area contributed by atoms with E-state index in [0.29, 0.717) is 17.4 Å². The second-order valence-corrected chi connectivity index (χ2v) is 7.66. The first-order valence-electron chi connectivity index (χ1n) is 6.78. The van der Waals surface area contributed by atoms with Gasteiger partial charge in [-0.25, -0.2) is 13.6 Å². The third-order valence-corrected chi connectivity index (χ3v) is 5.05. The van der Waals surface area contributed by atoms with E-state index in [9.17, 15) is 8.42 Å². The normalized spacial score (nSPS) is 18.7. The molecule has 1 aliphatic carbocycles. The number of primary sulfonamides is 1. The van der Waals surface area contributed by atoms with Crippen LogP contribution in [0.4, 0.5) is 0 Å². The highest BCUT2D eigenvalue weighted by Crippen LogP contribution is 2.37. The van der Waals surface area contributed by atoms with Crippen molar-refractivity contribution in [3.8, 4) is 5.75 Å². The Labute approximate surface area is 125 Å².